The fourth-order valence-electron chi connectivity index (χ4n) is 1.96. The zero-order chi connectivity index (χ0) is 13.2. The summed E-state index contributed by atoms with van der Waals surface area (Å²) >= 11 is 0. The molecule has 0 aromatic heterocycles. The number of ether oxygens (including phenoxy) is 1. The van der Waals surface area contributed by atoms with Gasteiger partial charge in [-0.25, -0.2) is 0 Å². The maximum atomic E-state index is 8.71. The molecule has 1 unspecified atom stereocenters. The molecule has 0 aliphatic heterocycles. The van der Waals surface area contributed by atoms with Gasteiger partial charge >= 0.3 is 0 Å². The fraction of sp³-hybridized carbons (Fsp3) is 0.600. The molecule has 0 fully saturated rings. The van der Waals surface area contributed by atoms with Crippen LogP contribution in [0.4, 0.5) is 0 Å². The van der Waals surface area contributed by atoms with E-state index in [0.717, 1.165) is 38.2 Å². The Labute approximate surface area is 110 Å². The number of rotatable bonds is 9. The van der Waals surface area contributed by atoms with Crippen LogP contribution in [0.5, 0.6) is 5.75 Å². The van der Waals surface area contributed by atoms with E-state index in [-0.39, 0.29) is 6.61 Å². The Bertz CT molecular complexity index is 328. The van der Waals surface area contributed by atoms with Gasteiger partial charge in [0, 0.05) is 18.2 Å². The van der Waals surface area contributed by atoms with E-state index in [2.05, 4.69) is 25.2 Å². The molecule has 2 N–H and O–H groups in total. The van der Waals surface area contributed by atoms with E-state index in [1.165, 1.54) is 5.56 Å². The van der Waals surface area contributed by atoms with Gasteiger partial charge in [0.25, 0.3) is 0 Å². The third-order valence-electron chi connectivity index (χ3n) is 2.96. The van der Waals surface area contributed by atoms with Crippen molar-refractivity contribution < 1.29 is 9.84 Å². The molecule has 3 heteroatoms. The molecule has 102 valence electrons. The van der Waals surface area contributed by atoms with Crippen molar-refractivity contribution in [1.29, 1.82) is 0 Å². The number of nitrogens with one attached hydrogen (secondary N) is 1. The summed E-state index contributed by atoms with van der Waals surface area (Å²) in [4.78, 5) is 0. The first-order valence-corrected chi connectivity index (χ1v) is 6.85. The van der Waals surface area contributed by atoms with Crippen LogP contribution in [0.1, 0.15) is 44.7 Å². The molecule has 0 aliphatic carbocycles. The molecule has 0 saturated heterocycles. The van der Waals surface area contributed by atoms with Crippen LogP contribution in [0, 0.1) is 0 Å². The highest BCUT2D eigenvalue weighted by Crippen LogP contribution is 2.24. The predicted octanol–water partition coefficient (Wildman–Crippen LogP) is 2.90. The lowest BCUT2D eigenvalue weighted by molar-refractivity contribution is 0.264. The maximum absolute atomic E-state index is 8.71. The van der Waals surface area contributed by atoms with E-state index < -0.39 is 0 Å². The summed E-state index contributed by atoms with van der Waals surface area (Å²) in [5, 5.41) is 12.1. The van der Waals surface area contributed by atoms with Gasteiger partial charge < -0.3 is 15.2 Å². The number of hydrogen-bond donors (Lipinski definition) is 2. The minimum atomic E-state index is 0.272. The Hall–Kier alpha value is -1.06. The first kappa shape index (κ1) is 15.0. The van der Waals surface area contributed by atoms with Gasteiger partial charge in [-0.15, -0.1) is 0 Å². The van der Waals surface area contributed by atoms with Crippen molar-refractivity contribution in [2.24, 2.45) is 0 Å². The van der Waals surface area contributed by atoms with Gasteiger partial charge in [0.1, 0.15) is 5.75 Å². The first-order chi connectivity index (χ1) is 8.79. The molecule has 0 bridgehead atoms. The van der Waals surface area contributed by atoms with E-state index in [9.17, 15) is 0 Å². The highest BCUT2D eigenvalue weighted by Gasteiger charge is 2.09. The van der Waals surface area contributed by atoms with Crippen LogP contribution >= 0.6 is 0 Å². The monoisotopic (exact) mass is 251 g/mol. The van der Waals surface area contributed by atoms with Gasteiger partial charge in [-0.3, -0.25) is 0 Å². The van der Waals surface area contributed by atoms with Crippen molar-refractivity contribution >= 4 is 0 Å². The molecule has 1 atom stereocenters. The number of aliphatic hydroxyl groups is 1. The second-order valence-electron chi connectivity index (χ2n) is 4.45. The molecule has 0 heterocycles. The lowest BCUT2D eigenvalue weighted by atomic mass is 10.1. The minimum absolute atomic E-state index is 0.272. The van der Waals surface area contributed by atoms with Crippen LogP contribution in [0.2, 0.25) is 0 Å². The largest absolute Gasteiger partial charge is 0.493 e. The Morgan fingerprint density at radius 1 is 1.22 bits per heavy atom. The van der Waals surface area contributed by atoms with Gasteiger partial charge in [-0.2, -0.15) is 0 Å². The summed E-state index contributed by atoms with van der Waals surface area (Å²) in [5.74, 6) is 0.968. The van der Waals surface area contributed by atoms with Crippen molar-refractivity contribution in [2.75, 3.05) is 19.8 Å². The number of para-hydroxylation sites is 1. The maximum Gasteiger partial charge on any atom is 0.124 e. The van der Waals surface area contributed by atoms with Crippen LogP contribution in [0.3, 0.4) is 0 Å². The van der Waals surface area contributed by atoms with Crippen molar-refractivity contribution in [3.05, 3.63) is 29.8 Å². The smallest absolute Gasteiger partial charge is 0.124 e. The predicted molar refractivity (Wildman–Crippen MR) is 75.0 cm³/mol. The Morgan fingerprint density at radius 3 is 2.72 bits per heavy atom. The second-order valence-corrected chi connectivity index (χ2v) is 4.45. The van der Waals surface area contributed by atoms with Crippen molar-refractivity contribution in [2.45, 2.75) is 39.2 Å². The van der Waals surface area contributed by atoms with Crippen LogP contribution in [0.25, 0.3) is 0 Å². The van der Waals surface area contributed by atoms with Gasteiger partial charge in [-0.1, -0.05) is 25.1 Å². The third kappa shape index (κ3) is 5.07. The lowest BCUT2D eigenvalue weighted by Crippen LogP contribution is -2.18. The first-order valence-electron chi connectivity index (χ1n) is 6.85. The number of aliphatic hydroxyl groups excluding tert-OH is 1. The molecular weight excluding hydrogens is 226 g/mol. The van der Waals surface area contributed by atoms with E-state index in [0.29, 0.717) is 6.04 Å². The average Bonchev–Trinajstić information content (AvgIpc) is 2.39. The topological polar surface area (TPSA) is 41.5 Å². The molecule has 0 spiro atoms. The minimum Gasteiger partial charge on any atom is -0.493 e. The van der Waals surface area contributed by atoms with E-state index >= 15 is 0 Å². The molecule has 1 aromatic rings. The van der Waals surface area contributed by atoms with Crippen molar-refractivity contribution in [1.82, 2.24) is 5.32 Å². The van der Waals surface area contributed by atoms with Gasteiger partial charge in [0.2, 0.25) is 0 Å². The average molecular weight is 251 g/mol. The SMILES string of the molecule is CCNC(C)c1ccccc1OCCCCCO. The molecule has 1 rings (SSSR count). The molecule has 0 amide bonds. The Morgan fingerprint density at radius 2 is 2.00 bits per heavy atom. The summed E-state index contributed by atoms with van der Waals surface area (Å²) in [5.41, 5.74) is 1.21. The standard InChI is InChI=1S/C15H25NO2/c1-3-16-13(2)14-9-5-6-10-15(14)18-12-8-4-7-11-17/h5-6,9-10,13,16-17H,3-4,7-8,11-12H2,1-2H3. The van der Waals surface area contributed by atoms with Gasteiger partial charge in [0.05, 0.1) is 6.61 Å². The Kier molecular flexibility index (Phi) is 7.46. The van der Waals surface area contributed by atoms with Crippen LogP contribution in [-0.2, 0) is 0 Å². The summed E-state index contributed by atoms with van der Waals surface area (Å²) in [6.45, 7) is 6.20. The third-order valence-corrected chi connectivity index (χ3v) is 2.96. The van der Waals surface area contributed by atoms with E-state index in [1.54, 1.807) is 0 Å². The number of unbranched alkanes of at least 4 members (excludes halogenated alkanes) is 2. The molecule has 18 heavy (non-hydrogen) atoms. The zero-order valence-corrected chi connectivity index (χ0v) is 11.5. The Balaban J connectivity index is 2.48. The molecule has 0 saturated carbocycles. The van der Waals surface area contributed by atoms with Crippen LogP contribution in [0.15, 0.2) is 24.3 Å². The van der Waals surface area contributed by atoms with Crippen LogP contribution < -0.4 is 10.1 Å². The van der Waals surface area contributed by atoms with E-state index in [4.69, 9.17) is 9.84 Å². The fourth-order valence-corrected chi connectivity index (χ4v) is 1.96. The van der Waals surface area contributed by atoms with Crippen molar-refractivity contribution in [3.8, 4) is 5.75 Å². The second kappa shape index (κ2) is 8.95. The normalized spacial score (nSPS) is 12.4. The summed E-state index contributed by atoms with van der Waals surface area (Å²) < 4.78 is 5.83. The van der Waals surface area contributed by atoms with Gasteiger partial charge in [0.15, 0.2) is 0 Å². The summed E-state index contributed by atoms with van der Waals surface area (Å²) in [6.07, 6.45) is 2.87. The van der Waals surface area contributed by atoms with Gasteiger partial charge in [-0.05, 0) is 38.8 Å². The van der Waals surface area contributed by atoms with Crippen LogP contribution in [-0.4, -0.2) is 24.9 Å². The molecular formula is C15H25NO2. The molecule has 0 radical (unpaired) electrons. The zero-order valence-electron chi connectivity index (χ0n) is 11.5. The molecule has 1 aromatic carbocycles. The summed E-state index contributed by atoms with van der Waals surface area (Å²) in [7, 11) is 0. The highest BCUT2D eigenvalue weighted by molar-refractivity contribution is 5.35. The highest BCUT2D eigenvalue weighted by atomic mass is 16.5. The van der Waals surface area contributed by atoms with Crippen molar-refractivity contribution in [3.63, 3.8) is 0 Å². The number of hydrogen-bond acceptors (Lipinski definition) is 3. The lowest BCUT2D eigenvalue weighted by Gasteiger charge is -2.17. The molecule has 0 aliphatic rings. The molecule has 3 nitrogen and oxygen atoms in total. The number of benzene rings is 1. The quantitative estimate of drug-likeness (QED) is 0.663. The van der Waals surface area contributed by atoms with E-state index in [1.807, 2.05) is 18.2 Å². The summed E-state index contributed by atoms with van der Waals surface area (Å²) in [6, 6.07) is 8.49.